The van der Waals surface area contributed by atoms with Gasteiger partial charge in [-0.15, -0.1) is 0 Å². The fourth-order valence-electron chi connectivity index (χ4n) is 1.88. The van der Waals surface area contributed by atoms with Gasteiger partial charge in [-0.3, -0.25) is 4.79 Å². The van der Waals surface area contributed by atoms with Crippen molar-refractivity contribution in [3.8, 4) is 0 Å². The molecule has 0 saturated heterocycles. The maximum Gasteiger partial charge on any atom is 0.536 e. The molecule has 1 N–H and O–H groups in total. The van der Waals surface area contributed by atoms with Crippen LogP contribution in [0.3, 0.4) is 0 Å². The molecule has 0 heterocycles. The van der Waals surface area contributed by atoms with Crippen molar-refractivity contribution in [2.45, 2.75) is 66.7 Å². The summed E-state index contributed by atoms with van der Waals surface area (Å²) in [5.41, 5.74) is -2.94. The van der Waals surface area contributed by atoms with Crippen molar-refractivity contribution in [1.82, 2.24) is 0 Å². The van der Waals surface area contributed by atoms with E-state index >= 15 is 0 Å². The van der Waals surface area contributed by atoms with Crippen LogP contribution in [-0.2, 0) is 27.8 Å². The molecule has 1 unspecified atom stereocenters. The van der Waals surface area contributed by atoms with Gasteiger partial charge in [0.1, 0.15) is 0 Å². The Morgan fingerprint density at radius 1 is 0.957 bits per heavy atom. The highest BCUT2D eigenvalue weighted by atomic mass is 28.4. The fraction of sp³-hybridized carbons (Fsp3) is 0.933. The summed E-state index contributed by atoms with van der Waals surface area (Å²) in [5.74, 6) is -1.05. The van der Waals surface area contributed by atoms with Crippen molar-refractivity contribution in [2.75, 3.05) is 19.8 Å². The molecule has 0 aromatic rings. The lowest BCUT2D eigenvalue weighted by molar-refractivity contribution is -0.377. The SMILES string of the molecule is CCO[Si](OCC)(OCC)C(OOC(C)(C)C)C(C)(C)C(=O)O. The van der Waals surface area contributed by atoms with Crippen LogP contribution in [0.15, 0.2) is 0 Å². The van der Waals surface area contributed by atoms with Crippen molar-refractivity contribution in [2.24, 2.45) is 5.41 Å². The molecular weight excluding hydrogens is 320 g/mol. The van der Waals surface area contributed by atoms with Crippen molar-refractivity contribution in [3.05, 3.63) is 0 Å². The molecule has 0 rings (SSSR count). The molecule has 0 spiro atoms. The van der Waals surface area contributed by atoms with Crippen LogP contribution < -0.4 is 0 Å². The summed E-state index contributed by atoms with van der Waals surface area (Å²) in [5, 5.41) is 9.63. The highest BCUT2D eigenvalue weighted by Gasteiger charge is 2.61. The average molecular weight is 353 g/mol. The van der Waals surface area contributed by atoms with E-state index in [-0.39, 0.29) is 0 Å². The lowest BCUT2D eigenvalue weighted by Crippen LogP contribution is -2.64. The summed E-state index contributed by atoms with van der Waals surface area (Å²) in [4.78, 5) is 22.7. The smallest absolute Gasteiger partial charge is 0.481 e. The molecule has 0 bridgehead atoms. The minimum atomic E-state index is -3.45. The summed E-state index contributed by atoms with van der Waals surface area (Å²) in [6.07, 6.45) is 0. The zero-order chi connectivity index (χ0) is 18.3. The molecule has 8 heteroatoms. The minimum Gasteiger partial charge on any atom is -0.481 e. The predicted molar refractivity (Wildman–Crippen MR) is 87.8 cm³/mol. The van der Waals surface area contributed by atoms with Gasteiger partial charge in [-0.2, -0.15) is 0 Å². The summed E-state index contributed by atoms with van der Waals surface area (Å²) in [6.45, 7) is 14.9. The number of rotatable bonds is 11. The number of carbonyl (C=O) groups is 1. The van der Waals surface area contributed by atoms with Crippen LogP contribution in [0.25, 0.3) is 0 Å². The van der Waals surface area contributed by atoms with Gasteiger partial charge in [0.2, 0.25) is 0 Å². The van der Waals surface area contributed by atoms with E-state index in [1.54, 1.807) is 34.6 Å². The van der Waals surface area contributed by atoms with Gasteiger partial charge in [-0.1, -0.05) is 0 Å². The maximum atomic E-state index is 11.8. The first-order valence-electron chi connectivity index (χ1n) is 7.96. The topological polar surface area (TPSA) is 83.5 Å². The number of carboxylic acid groups (broad SMARTS) is 1. The first kappa shape index (κ1) is 22.5. The van der Waals surface area contributed by atoms with E-state index < -0.39 is 31.5 Å². The Kier molecular flexibility index (Phi) is 8.89. The molecule has 0 aliphatic rings. The Morgan fingerprint density at radius 3 is 1.61 bits per heavy atom. The van der Waals surface area contributed by atoms with Gasteiger partial charge in [0, 0.05) is 19.8 Å². The highest BCUT2D eigenvalue weighted by molar-refractivity contribution is 6.62. The maximum absolute atomic E-state index is 11.8. The zero-order valence-corrected chi connectivity index (χ0v) is 16.6. The van der Waals surface area contributed by atoms with Gasteiger partial charge in [-0.05, 0) is 55.4 Å². The fourth-order valence-corrected chi connectivity index (χ4v) is 4.97. The van der Waals surface area contributed by atoms with Crippen LogP contribution in [0.2, 0.25) is 0 Å². The monoisotopic (exact) mass is 352 g/mol. The Morgan fingerprint density at radius 2 is 1.35 bits per heavy atom. The lowest BCUT2D eigenvalue weighted by atomic mass is 9.95. The molecule has 7 nitrogen and oxygen atoms in total. The van der Waals surface area contributed by atoms with E-state index in [4.69, 9.17) is 23.1 Å². The van der Waals surface area contributed by atoms with Gasteiger partial charge >= 0.3 is 14.8 Å². The van der Waals surface area contributed by atoms with Crippen LogP contribution >= 0.6 is 0 Å². The predicted octanol–water partition coefficient (Wildman–Crippen LogP) is 2.80. The second-order valence-electron chi connectivity index (χ2n) is 6.60. The second-order valence-corrected chi connectivity index (χ2v) is 9.20. The Bertz CT molecular complexity index is 348. The largest absolute Gasteiger partial charge is 0.536 e. The third-order valence-corrected chi connectivity index (χ3v) is 6.49. The van der Waals surface area contributed by atoms with Crippen molar-refractivity contribution >= 4 is 14.8 Å². The minimum absolute atomic E-state index is 0.317. The van der Waals surface area contributed by atoms with Gasteiger partial charge < -0.3 is 18.4 Å². The summed E-state index contributed by atoms with van der Waals surface area (Å²) < 4.78 is 17.4. The van der Waals surface area contributed by atoms with E-state index in [2.05, 4.69) is 0 Å². The zero-order valence-electron chi connectivity index (χ0n) is 15.6. The highest BCUT2D eigenvalue weighted by Crippen LogP contribution is 2.34. The van der Waals surface area contributed by atoms with Crippen LogP contribution in [0.5, 0.6) is 0 Å². The number of hydrogen-bond acceptors (Lipinski definition) is 6. The molecule has 0 aliphatic carbocycles. The quantitative estimate of drug-likeness (QED) is 0.348. The van der Waals surface area contributed by atoms with Crippen LogP contribution in [-0.4, -0.2) is 51.0 Å². The lowest BCUT2D eigenvalue weighted by Gasteiger charge is -2.40. The first-order chi connectivity index (χ1) is 10.5. The molecule has 23 heavy (non-hydrogen) atoms. The third-order valence-electron chi connectivity index (χ3n) is 2.96. The van der Waals surface area contributed by atoms with E-state index in [0.717, 1.165) is 0 Å². The van der Waals surface area contributed by atoms with E-state index in [1.807, 2.05) is 20.8 Å². The summed E-state index contributed by atoms with van der Waals surface area (Å²) >= 11 is 0. The average Bonchev–Trinajstić information content (AvgIpc) is 2.37. The van der Waals surface area contributed by atoms with Crippen molar-refractivity contribution in [3.63, 3.8) is 0 Å². The molecule has 0 radical (unpaired) electrons. The Hall–Kier alpha value is -0.513. The number of aliphatic carboxylic acids is 1. The van der Waals surface area contributed by atoms with Crippen LogP contribution in [0, 0.1) is 5.41 Å². The van der Waals surface area contributed by atoms with Gasteiger partial charge in [-0.25, -0.2) is 9.78 Å². The number of hydrogen-bond donors (Lipinski definition) is 1. The second kappa shape index (κ2) is 9.10. The molecule has 0 fully saturated rings. The summed E-state index contributed by atoms with van der Waals surface area (Å²) in [6, 6.07) is 0. The normalized spacial score (nSPS) is 14.8. The van der Waals surface area contributed by atoms with Crippen LogP contribution in [0.1, 0.15) is 55.4 Å². The van der Waals surface area contributed by atoms with Gasteiger partial charge in [0.25, 0.3) is 0 Å². The van der Waals surface area contributed by atoms with Crippen molar-refractivity contribution in [1.29, 1.82) is 0 Å². The molecule has 0 amide bonds. The Labute approximate surface area is 140 Å². The molecule has 0 aromatic carbocycles. The van der Waals surface area contributed by atoms with E-state index in [9.17, 15) is 9.90 Å². The van der Waals surface area contributed by atoms with Crippen molar-refractivity contribution < 1.29 is 33.0 Å². The molecular formula is C15H32O7Si. The van der Waals surface area contributed by atoms with Crippen LogP contribution in [0.4, 0.5) is 0 Å². The Balaban J connectivity index is 5.83. The first-order valence-corrected chi connectivity index (χ1v) is 9.76. The molecule has 138 valence electrons. The molecule has 0 aromatic heterocycles. The van der Waals surface area contributed by atoms with E-state index in [1.165, 1.54) is 0 Å². The molecule has 0 saturated carbocycles. The molecule has 1 atom stereocenters. The summed E-state index contributed by atoms with van der Waals surface area (Å²) in [7, 11) is -3.45. The van der Waals surface area contributed by atoms with E-state index in [0.29, 0.717) is 19.8 Å². The third kappa shape index (κ3) is 6.48. The molecule has 0 aliphatic heterocycles. The standard InChI is InChI=1S/C15H32O7Si/c1-9-18-23(19-10-2,20-11-3)13(15(7,8)12(16)17)21-22-14(4,5)6/h13H,9-11H2,1-8H3,(H,16,17). The number of carboxylic acids is 1. The van der Waals surface area contributed by atoms with Gasteiger partial charge in [0.15, 0.2) is 5.73 Å². The van der Waals surface area contributed by atoms with Gasteiger partial charge in [0.05, 0.1) is 11.0 Å².